The molecule has 4 amide bonds. The first-order valence-electron chi connectivity index (χ1n) is 9.83. The highest BCUT2D eigenvalue weighted by Crippen LogP contribution is 2.29. The molecule has 2 heterocycles. The van der Waals surface area contributed by atoms with Crippen LogP contribution in [0.1, 0.15) is 16.7 Å². The van der Waals surface area contributed by atoms with Gasteiger partial charge in [-0.05, 0) is 31.5 Å². The van der Waals surface area contributed by atoms with Crippen LogP contribution in [0.3, 0.4) is 0 Å². The number of amides is 4. The molecule has 2 N–H and O–H groups in total. The Morgan fingerprint density at radius 1 is 1.00 bits per heavy atom. The van der Waals surface area contributed by atoms with E-state index < -0.39 is 18.1 Å². The normalized spacial score (nSPS) is 20.6. The van der Waals surface area contributed by atoms with Crippen LogP contribution >= 0.6 is 0 Å². The highest BCUT2D eigenvalue weighted by Gasteiger charge is 2.49. The van der Waals surface area contributed by atoms with Crippen molar-refractivity contribution in [1.82, 2.24) is 15.5 Å². The van der Waals surface area contributed by atoms with Gasteiger partial charge < -0.3 is 15.5 Å². The minimum absolute atomic E-state index is 0.299. The monoisotopic (exact) mass is 404 g/mol. The lowest BCUT2D eigenvalue weighted by molar-refractivity contribution is -0.122. The zero-order chi connectivity index (χ0) is 21.4. The fourth-order valence-electron chi connectivity index (χ4n) is 3.82. The average Bonchev–Trinajstić information content (AvgIpc) is 3.05. The van der Waals surface area contributed by atoms with Crippen LogP contribution < -0.4 is 15.5 Å². The van der Waals surface area contributed by atoms with Gasteiger partial charge in [-0.15, -0.1) is 0 Å². The summed E-state index contributed by atoms with van der Waals surface area (Å²) in [5.74, 6) is -0.653. The van der Waals surface area contributed by atoms with Crippen LogP contribution in [-0.4, -0.2) is 41.9 Å². The van der Waals surface area contributed by atoms with Gasteiger partial charge in [0.05, 0.1) is 17.3 Å². The number of hydrogen-bond acceptors (Lipinski definition) is 4. The molecule has 0 spiro atoms. The Morgan fingerprint density at radius 2 is 1.60 bits per heavy atom. The van der Waals surface area contributed by atoms with Crippen LogP contribution in [0.15, 0.2) is 60.3 Å². The number of hydrogen-bond donors (Lipinski definition) is 2. The van der Waals surface area contributed by atoms with Crippen LogP contribution in [0.2, 0.25) is 0 Å². The van der Waals surface area contributed by atoms with Crippen molar-refractivity contribution in [3.8, 4) is 0 Å². The lowest BCUT2D eigenvalue weighted by Gasteiger charge is -2.37. The predicted molar refractivity (Wildman–Crippen MR) is 114 cm³/mol. The standard InChI is InChI=1S/C23H24N4O3/c1-14-4-8-16(9-5-14)12-24-21(28)18-13-26(3)20-19(18)25-23(30)27(22(20)29)17-10-6-15(2)7-11-17/h4-11,13,19-20H,12H2,1-3H3,(H,24,28)(H,25,30). The van der Waals surface area contributed by atoms with Gasteiger partial charge in [-0.25, -0.2) is 9.69 Å². The molecule has 30 heavy (non-hydrogen) atoms. The molecule has 0 aromatic heterocycles. The van der Waals surface area contributed by atoms with E-state index in [0.29, 0.717) is 17.8 Å². The number of imide groups is 1. The van der Waals surface area contributed by atoms with Gasteiger partial charge in [0, 0.05) is 19.8 Å². The van der Waals surface area contributed by atoms with Crippen LogP contribution in [0.4, 0.5) is 10.5 Å². The first-order valence-corrected chi connectivity index (χ1v) is 9.83. The molecule has 2 aliphatic rings. The molecule has 2 unspecified atom stereocenters. The third-order valence-corrected chi connectivity index (χ3v) is 5.52. The van der Waals surface area contributed by atoms with Gasteiger partial charge in [0.25, 0.3) is 11.8 Å². The molecular weight excluding hydrogens is 380 g/mol. The molecule has 2 aliphatic heterocycles. The number of carbonyl (C=O) groups excluding carboxylic acids is 3. The molecule has 0 bridgehead atoms. The minimum Gasteiger partial charge on any atom is -0.366 e. The average molecular weight is 404 g/mol. The van der Waals surface area contributed by atoms with Gasteiger partial charge in [-0.2, -0.15) is 0 Å². The molecule has 2 atom stereocenters. The molecule has 2 aromatic rings. The number of benzene rings is 2. The molecule has 1 fully saturated rings. The molecule has 2 aromatic carbocycles. The van der Waals surface area contributed by atoms with Crippen LogP contribution in [0.5, 0.6) is 0 Å². The molecule has 1 saturated heterocycles. The van der Waals surface area contributed by atoms with E-state index in [1.54, 1.807) is 30.3 Å². The zero-order valence-corrected chi connectivity index (χ0v) is 17.2. The highest BCUT2D eigenvalue weighted by atomic mass is 16.2. The Labute approximate surface area is 175 Å². The molecule has 0 saturated carbocycles. The Morgan fingerprint density at radius 3 is 2.23 bits per heavy atom. The van der Waals surface area contributed by atoms with E-state index >= 15 is 0 Å². The smallest absolute Gasteiger partial charge is 0.329 e. The molecule has 7 heteroatoms. The number of likely N-dealkylation sites (N-methyl/N-ethyl adjacent to an activating group) is 1. The van der Waals surface area contributed by atoms with E-state index in [-0.39, 0.29) is 11.8 Å². The summed E-state index contributed by atoms with van der Waals surface area (Å²) in [5.41, 5.74) is 4.04. The quantitative estimate of drug-likeness (QED) is 0.819. The SMILES string of the molecule is Cc1ccc(CNC(=O)C2=CN(C)C3C(=O)N(c4ccc(C)cc4)C(=O)NC23)cc1. The summed E-state index contributed by atoms with van der Waals surface area (Å²) in [5, 5.41) is 5.72. The van der Waals surface area contributed by atoms with E-state index in [0.717, 1.165) is 21.6 Å². The largest absolute Gasteiger partial charge is 0.366 e. The van der Waals surface area contributed by atoms with Crippen molar-refractivity contribution in [1.29, 1.82) is 0 Å². The van der Waals surface area contributed by atoms with Crippen molar-refractivity contribution in [3.63, 3.8) is 0 Å². The van der Waals surface area contributed by atoms with Gasteiger partial charge in [0.15, 0.2) is 0 Å². The number of nitrogens with zero attached hydrogens (tertiary/aromatic N) is 2. The summed E-state index contributed by atoms with van der Waals surface area (Å²) < 4.78 is 0. The Hall–Kier alpha value is -3.61. The highest BCUT2D eigenvalue weighted by molar-refractivity contribution is 6.19. The predicted octanol–water partition coefficient (Wildman–Crippen LogP) is 2.24. The molecule has 0 radical (unpaired) electrons. The summed E-state index contributed by atoms with van der Waals surface area (Å²) in [6, 6.07) is 13.2. The van der Waals surface area contributed by atoms with E-state index in [1.807, 2.05) is 50.2 Å². The van der Waals surface area contributed by atoms with Gasteiger partial charge in [-0.3, -0.25) is 9.59 Å². The number of carbonyl (C=O) groups is 3. The van der Waals surface area contributed by atoms with Gasteiger partial charge in [-0.1, -0.05) is 47.5 Å². The molecule has 4 rings (SSSR count). The summed E-state index contributed by atoms with van der Waals surface area (Å²) in [7, 11) is 1.74. The molecular formula is C23H24N4O3. The maximum absolute atomic E-state index is 13.2. The van der Waals surface area contributed by atoms with Gasteiger partial charge in [0.2, 0.25) is 0 Å². The maximum atomic E-state index is 13.2. The van der Waals surface area contributed by atoms with Crippen LogP contribution in [0.25, 0.3) is 0 Å². The molecule has 0 aliphatic carbocycles. The number of aryl methyl sites for hydroxylation is 2. The number of rotatable bonds is 4. The summed E-state index contributed by atoms with van der Waals surface area (Å²) >= 11 is 0. The summed E-state index contributed by atoms with van der Waals surface area (Å²) in [6.07, 6.45) is 1.64. The lowest BCUT2D eigenvalue weighted by Crippen LogP contribution is -2.65. The summed E-state index contributed by atoms with van der Waals surface area (Å²) in [6.45, 7) is 4.31. The molecule has 7 nitrogen and oxygen atoms in total. The van der Waals surface area contributed by atoms with E-state index in [4.69, 9.17) is 0 Å². The van der Waals surface area contributed by atoms with Crippen molar-refractivity contribution in [2.24, 2.45) is 0 Å². The van der Waals surface area contributed by atoms with Crippen molar-refractivity contribution >= 4 is 23.5 Å². The Kier molecular flexibility index (Phi) is 5.03. The van der Waals surface area contributed by atoms with Crippen molar-refractivity contribution in [2.75, 3.05) is 11.9 Å². The summed E-state index contributed by atoms with van der Waals surface area (Å²) in [4.78, 5) is 41.5. The first kappa shape index (κ1) is 19.7. The van der Waals surface area contributed by atoms with Crippen LogP contribution in [0, 0.1) is 13.8 Å². The fourth-order valence-corrected chi connectivity index (χ4v) is 3.82. The van der Waals surface area contributed by atoms with Crippen molar-refractivity contribution < 1.29 is 14.4 Å². The fraction of sp³-hybridized carbons (Fsp3) is 0.261. The first-order chi connectivity index (χ1) is 14.3. The second kappa shape index (κ2) is 7.67. The Bertz CT molecular complexity index is 1030. The second-order valence-electron chi connectivity index (χ2n) is 7.80. The Balaban J connectivity index is 1.50. The number of nitrogens with one attached hydrogen (secondary N) is 2. The van der Waals surface area contributed by atoms with Crippen LogP contribution in [-0.2, 0) is 16.1 Å². The third kappa shape index (κ3) is 3.54. The zero-order valence-electron chi connectivity index (χ0n) is 17.2. The minimum atomic E-state index is -0.685. The van der Waals surface area contributed by atoms with Crippen molar-refractivity contribution in [2.45, 2.75) is 32.5 Å². The molecule has 154 valence electrons. The van der Waals surface area contributed by atoms with Gasteiger partial charge in [0.1, 0.15) is 6.04 Å². The topological polar surface area (TPSA) is 81.8 Å². The van der Waals surface area contributed by atoms with Gasteiger partial charge >= 0.3 is 6.03 Å². The van der Waals surface area contributed by atoms with Crippen molar-refractivity contribution in [3.05, 3.63) is 77.0 Å². The maximum Gasteiger partial charge on any atom is 0.329 e. The van der Waals surface area contributed by atoms with E-state index in [1.165, 1.54) is 0 Å². The lowest BCUT2D eigenvalue weighted by atomic mass is 9.99. The second-order valence-corrected chi connectivity index (χ2v) is 7.80. The van der Waals surface area contributed by atoms with E-state index in [9.17, 15) is 14.4 Å². The van der Waals surface area contributed by atoms with E-state index in [2.05, 4.69) is 10.6 Å². The third-order valence-electron chi connectivity index (χ3n) is 5.52. The number of fused-ring (bicyclic) bond motifs is 1. The number of anilines is 1. The number of urea groups is 1.